The van der Waals surface area contributed by atoms with Crippen molar-refractivity contribution in [3.8, 4) is 17.2 Å². The van der Waals surface area contributed by atoms with Crippen LogP contribution in [0, 0.1) is 17.8 Å². The lowest BCUT2D eigenvalue weighted by Crippen LogP contribution is -2.61. The lowest BCUT2D eigenvalue weighted by atomic mass is 9.77. The van der Waals surface area contributed by atoms with Crippen LogP contribution in [0.2, 0.25) is 0 Å². The van der Waals surface area contributed by atoms with Gasteiger partial charge < -0.3 is 72.9 Å². The first-order valence-corrected chi connectivity index (χ1v) is 22.3. The molecular weight excluding hydrogens is 805 g/mol. The van der Waals surface area contributed by atoms with Crippen LogP contribution >= 0.6 is 0 Å². The van der Waals surface area contributed by atoms with Gasteiger partial charge >= 0.3 is 5.97 Å². The first kappa shape index (κ1) is 52.3. The number of ether oxygens (including phenoxy) is 9. The SMILES string of the molecule is CC[C@H]1OC(=O)[C@H](C)[C@@H](O[C@H]2C[C@@](C)(OC)[C@@H](O)[C@H](C)O2)[C@H](C)[C@@H](O[C@@H]2O[C@H](C)C[C@H](N(C)C)[C@H]2Oc2cc(OC)ccc2OC)[C@](C)(O)C[C@@H](C)CN(C)[C@H](C)[C@@H](O)[C@]1(C)O. The van der Waals surface area contributed by atoms with Crippen molar-refractivity contribution >= 4 is 5.97 Å². The van der Waals surface area contributed by atoms with Crippen LogP contribution in [-0.4, -0.2) is 176 Å². The van der Waals surface area contributed by atoms with Gasteiger partial charge in [-0.3, -0.25) is 4.79 Å². The Kier molecular flexibility index (Phi) is 18.0. The lowest BCUT2D eigenvalue weighted by molar-refractivity contribution is -0.316. The summed E-state index contributed by atoms with van der Waals surface area (Å²) >= 11 is 0. The molecule has 16 nitrogen and oxygen atoms in total. The van der Waals surface area contributed by atoms with Gasteiger partial charge in [0.1, 0.15) is 29.7 Å². The highest BCUT2D eigenvalue weighted by Crippen LogP contribution is 2.42. The maximum Gasteiger partial charge on any atom is 0.311 e. The van der Waals surface area contributed by atoms with Crippen molar-refractivity contribution in [3.63, 3.8) is 0 Å². The van der Waals surface area contributed by atoms with Crippen LogP contribution in [0.4, 0.5) is 0 Å². The number of nitrogens with zero attached hydrogens (tertiary/aromatic N) is 2. The molecule has 0 unspecified atom stereocenters. The molecule has 62 heavy (non-hydrogen) atoms. The molecule has 1 aromatic rings. The standard InChI is InChI=1S/C46H80N2O14/c1-17-35-46(10,53)39(49)29(6)48(13)24-25(2)22-44(8,52)41(27(4)37(28(5)42(51)60-35)61-36-23-45(9,56-16)40(50)30(7)58-36)62-43-38(32(47(11)12)20-26(3)57-43)59-34-21-31(54-14)18-19-33(34)55-15/h18-19,21,25-30,32,35-41,43,49-50,52-53H,17,20,22-24H2,1-16H3/t25-,26-,27+,28-,29-,30+,32+,35-,36+,37+,38-,39-,40+,41-,43+,44-,45-,46-/m1/s1. The molecule has 16 heteroatoms. The number of hydrogen-bond acceptors (Lipinski definition) is 16. The molecule has 0 aliphatic carbocycles. The molecule has 3 heterocycles. The molecule has 18 atom stereocenters. The number of carbonyl (C=O) groups excluding carboxylic acids is 1. The predicted octanol–water partition coefficient (Wildman–Crippen LogP) is 4.00. The zero-order valence-corrected chi connectivity index (χ0v) is 40.2. The average Bonchev–Trinajstić information content (AvgIpc) is 3.21. The number of likely N-dealkylation sites (N-methyl/N-ethyl adjacent to an activating group) is 2. The molecule has 0 amide bonds. The van der Waals surface area contributed by atoms with Gasteiger partial charge in [0, 0.05) is 38.1 Å². The van der Waals surface area contributed by atoms with E-state index in [2.05, 4.69) is 4.90 Å². The van der Waals surface area contributed by atoms with E-state index < -0.39 is 96.0 Å². The number of aliphatic hydroxyl groups is 4. The fraction of sp³-hybridized carbons (Fsp3) is 0.848. The third-order valence-corrected chi connectivity index (χ3v) is 13.8. The van der Waals surface area contributed by atoms with E-state index in [1.165, 1.54) is 14.0 Å². The Morgan fingerprint density at radius 1 is 0.887 bits per heavy atom. The summed E-state index contributed by atoms with van der Waals surface area (Å²) in [5.41, 5.74) is -4.47. The Hall–Kier alpha value is -2.35. The molecule has 4 rings (SSSR count). The molecule has 3 aliphatic heterocycles. The normalized spacial score (nSPS) is 43.3. The molecule has 4 N–H and O–H groups in total. The fourth-order valence-corrected chi connectivity index (χ4v) is 9.87. The minimum atomic E-state index is -1.82. The highest BCUT2D eigenvalue weighted by Gasteiger charge is 2.53. The second-order valence-corrected chi connectivity index (χ2v) is 19.3. The number of carbonyl (C=O) groups is 1. The fourth-order valence-electron chi connectivity index (χ4n) is 9.87. The summed E-state index contributed by atoms with van der Waals surface area (Å²) in [5.74, 6) is -1.22. The molecule has 1 aromatic carbocycles. The molecule has 0 spiro atoms. The van der Waals surface area contributed by atoms with Gasteiger partial charge in [-0.2, -0.15) is 0 Å². The van der Waals surface area contributed by atoms with E-state index in [1.807, 2.05) is 53.7 Å². The third-order valence-electron chi connectivity index (χ3n) is 13.8. The summed E-state index contributed by atoms with van der Waals surface area (Å²) in [5, 5.41) is 47.5. The molecule has 3 saturated heterocycles. The van der Waals surface area contributed by atoms with Crippen LogP contribution in [0.5, 0.6) is 17.2 Å². The maximum atomic E-state index is 14.5. The van der Waals surface area contributed by atoms with Crippen molar-refractivity contribution in [1.29, 1.82) is 0 Å². The van der Waals surface area contributed by atoms with Crippen LogP contribution in [0.3, 0.4) is 0 Å². The number of rotatable bonds is 11. The average molecular weight is 885 g/mol. The maximum absolute atomic E-state index is 14.5. The molecule has 0 aromatic heterocycles. The summed E-state index contributed by atoms with van der Waals surface area (Å²) in [7, 11) is 10.4. The number of hydrogen-bond donors (Lipinski definition) is 4. The minimum Gasteiger partial charge on any atom is -0.497 e. The van der Waals surface area contributed by atoms with Gasteiger partial charge in [0.15, 0.2) is 30.2 Å². The van der Waals surface area contributed by atoms with Gasteiger partial charge in [-0.15, -0.1) is 0 Å². The van der Waals surface area contributed by atoms with Gasteiger partial charge in [0.25, 0.3) is 0 Å². The third kappa shape index (κ3) is 11.7. The zero-order valence-electron chi connectivity index (χ0n) is 40.2. The van der Waals surface area contributed by atoms with Crippen LogP contribution in [0.25, 0.3) is 0 Å². The first-order valence-electron chi connectivity index (χ1n) is 22.3. The molecule has 358 valence electrons. The van der Waals surface area contributed by atoms with Gasteiger partial charge in [-0.25, -0.2) is 0 Å². The summed E-state index contributed by atoms with van der Waals surface area (Å²) in [6, 6.07) is 4.50. The van der Waals surface area contributed by atoms with E-state index in [1.54, 1.807) is 67.0 Å². The second-order valence-electron chi connectivity index (χ2n) is 19.3. The number of aliphatic hydroxyl groups excluding tert-OH is 2. The summed E-state index contributed by atoms with van der Waals surface area (Å²) in [6.45, 7) is 18.2. The van der Waals surface area contributed by atoms with E-state index in [9.17, 15) is 25.2 Å². The van der Waals surface area contributed by atoms with Gasteiger partial charge in [0.05, 0.1) is 61.8 Å². The van der Waals surface area contributed by atoms with Crippen LogP contribution < -0.4 is 14.2 Å². The molecule has 3 aliphatic rings. The van der Waals surface area contributed by atoms with Gasteiger partial charge in [-0.05, 0) is 107 Å². The van der Waals surface area contributed by atoms with Gasteiger partial charge in [0.2, 0.25) is 0 Å². The quantitative estimate of drug-likeness (QED) is 0.234. The van der Waals surface area contributed by atoms with Crippen molar-refractivity contribution < 1.29 is 67.9 Å². The Balaban J connectivity index is 1.90. The summed E-state index contributed by atoms with van der Waals surface area (Å²) < 4.78 is 57.0. The molecular formula is C46H80N2O14. The number of benzene rings is 1. The van der Waals surface area contributed by atoms with Gasteiger partial charge in [-0.1, -0.05) is 20.8 Å². The van der Waals surface area contributed by atoms with E-state index in [-0.39, 0.29) is 37.3 Å². The Morgan fingerprint density at radius 2 is 1.55 bits per heavy atom. The smallest absolute Gasteiger partial charge is 0.311 e. The van der Waals surface area contributed by atoms with Crippen molar-refractivity contribution in [1.82, 2.24) is 9.80 Å². The van der Waals surface area contributed by atoms with Crippen LogP contribution in [-0.2, 0) is 33.2 Å². The van der Waals surface area contributed by atoms with E-state index in [0.29, 0.717) is 30.2 Å². The zero-order chi connectivity index (χ0) is 46.6. The Labute approximate surface area is 370 Å². The number of cyclic esters (lactones) is 1. The monoisotopic (exact) mass is 885 g/mol. The summed E-state index contributed by atoms with van der Waals surface area (Å²) in [4.78, 5) is 18.5. The summed E-state index contributed by atoms with van der Waals surface area (Å²) in [6.07, 6.45) is -8.07. The van der Waals surface area contributed by atoms with Crippen molar-refractivity contribution in [2.45, 2.75) is 185 Å². The van der Waals surface area contributed by atoms with E-state index in [4.69, 9.17) is 42.6 Å². The second kappa shape index (κ2) is 21.3. The highest BCUT2D eigenvalue weighted by atomic mass is 16.7. The number of methoxy groups -OCH3 is 3. The van der Waals surface area contributed by atoms with Crippen LogP contribution in [0.1, 0.15) is 94.9 Å². The molecule has 3 fully saturated rings. The first-order chi connectivity index (χ1) is 28.8. The lowest BCUT2D eigenvalue weighted by Gasteiger charge is -2.49. The molecule has 0 saturated carbocycles. The minimum absolute atomic E-state index is 0.119. The molecule has 0 bridgehead atoms. The van der Waals surface area contributed by atoms with Crippen molar-refractivity contribution in [3.05, 3.63) is 18.2 Å². The van der Waals surface area contributed by atoms with Crippen LogP contribution in [0.15, 0.2) is 18.2 Å². The number of esters is 1. The van der Waals surface area contributed by atoms with E-state index in [0.717, 1.165) is 0 Å². The van der Waals surface area contributed by atoms with Crippen molar-refractivity contribution in [2.75, 3.05) is 49.0 Å². The Bertz CT molecular complexity index is 1580. The van der Waals surface area contributed by atoms with Crippen molar-refractivity contribution in [2.24, 2.45) is 17.8 Å². The highest BCUT2D eigenvalue weighted by molar-refractivity contribution is 5.73. The largest absolute Gasteiger partial charge is 0.497 e. The topological polar surface area (TPSA) is 188 Å². The molecule has 0 radical (unpaired) electrons. The Morgan fingerprint density at radius 3 is 2.13 bits per heavy atom. The van der Waals surface area contributed by atoms with E-state index >= 15 is 0 Å². The predicted molar refractivity (Wildman–Crippen MR) is 232 cm³/mol.